The van der Waals surface area contributed by atoms with Crippen LogP contribution in [-0.2, 0) is 0 Å². The molecular weight excluding hydrogens is 250 g/mol. The molecule has 90 valence electrons. The van der Waals surface area contributed by atoms with Gasteiger partial charge < -0.3 is 5.32 Å². The van der Waals surface area contributed by atoms with Crippen LogP contribution in [0.25, 0.3) is 0 Å². The van der Waals surface area contributed by atoms with Crippen LogP contribution < -0.4 is 5.32 Å². The van der Waals surface area contributed by atoms with Crippen LogP contribution in [0.3, 0.4) is 0 Å². The zero-order valence-corrected chi connectivity index (χ0v) is 11.6. The number of hydrogen-bond donors (Lipinski definition) is 1. The number of thiophene rings is 1. The van der Waals surface area contributed by atoms with E-state index in [4.69, 9.17) is 11.6 Å². The van der Waals surface area contributed by atoms with E-state index < -0.39 is 0 Å². The summed E-state index contributed by atoms with van der Waals surface area (Å²) in [5, 5.41) is 6.50. The van der Waals surface area contributed by atoms with Crippen molar-refractivity contribution in [3.63, 3.8) is 0 Å². The Morgan fingerprint density at radius 1 is 1.06 bits per heavy atom. The van der Waals surface area contributed by atoms with E-state index in [0.717, 1.165) is 10.6 Å². The van der Waals surface area contributed by atoms with E-state index in [0.29, 0.717) is 6.04 Å². The van der Waals surface area contributed by atoms with Crippen molar-refractivity contribution in [1.82, 2.24) is 5.32 Å². The van der Waals surface area contributed by atoms with Gasteiger partial charge in [0, 0.05) is 22.0 Å². The van der Waals surface area contributed by atoms with Crippen molar-refractivity contribution < 1.29 is 0 Å². The molecule has 0 amide bonds. The van der Waals surface area contributed by atoms with Crippen molar-refractivity contribution in [3.05, 3.63) is 57.2 Å². The van der Waals surface area contributed by atoms with Gasteiger partial charge in [0.2, 0.25) is 0 Å². The second-order valence-electron chi connectivity index (χ2n) is 4.15. The average Bonchev–Trinajstić information content (AvgIpc) is 2.82. The molecule has 2 aromatic rings. The second kappa shape index (κ2) is 5.67. The molecule has 0 bridgehead atoms. The Bertz CT molecular complexity index is 467. The average molecular weight is 266 g/mol. The Kier molecular flexibility index (Phi) is 4.21. The number of hydrogen-bond acceptors (Lipinski definition) is 2. The van der Waals surface area contributed by atoms with Crippen molar-refractivity contribution in [2.24, 2.45) is 0 Å². The molecule has 0 spiro atoms. The first-order valence-corrected chi connectivity index (χ1v) is 6.98. The minimum Gasteiger partial charge on any atom is -0.303 e. The Hall–Kier alpha value is -0.830. The molecule has 0 aliphatic heterocycles. The highest BCUT2D eigenvalue weighted by molar-refractivity contribution is 7.10. The summed E-state index contributed by atoms with van der Waals surface area (Å²) in [5.41, 5.74) is 1.15. The van der Waals surface area contributed by atoms with E-state index in [9.17, 15) is 0 Å². The summed E-state index contributed by atoms with van der Waals surface area (Å²) in [5.74, 6) is 0. The van der Waals surface area contributed by atoms with Gasteiger partial charge in [-0.1, -0.05) is 35.9 Å². The lowest BCUT2D eigenvalue weighted by molar-refractivity contribution is 0.500. The van der Waals surface area contributed by atoms with Crippen molar-refractivity contribution in [3.8, 4) is 0 Å². The highest BCUT2D eigenvalue weighted by atomic mass is 35.5. The third-order valence-corrected chi connectivity index (χ3v) is 4.24. The quantitative estimate of drug-likeness (QED) is 0.836. The van der Waals surface area contributed by atoms with Gasteiger partial charge in [0.05, 0.1) is 0 Å². The van der Waals surface area contributed by atoms with Gasteiger partial charge in [-0.2, -0.15) is 0 Å². The van der Waals surface area contributed by atoms with Crippen LogP contribution in [0.4, 0.5) is 0 Å². The van der Waals surface area contributed by atoms with Gasteiger partial charge >= 0.3 is 0 Å². The van der Waals surface area contributed by atoms with E-state index in [-0.39, 0.29) is 6.04 Å². The lowest BCUT2D eigenvalue weighted by Crippen LogP contribution is -2.22. The molecule has 0 aliphatic rings. The molecule has 1 aromatic heterocycles. The van der Waals surface area contributed by atoms with Crippen LogP contribution >= 0.6 is 22.9 Å². The Morgan fingerprint density at radius 3 is 2.47 bits per heavy atom. The van der Waals surface area contributed by atoms with E-state index in [2.05, 4.69) is 42.7 Å². The van der Waals surface area contributed by atoms with Crippen LogP contribution in [-0.4, -0.2) is 0 Å². The van der Waals surface area contributed by atoms with E-state index in [1.54, 1.807) is 11.3 Å². The van der Waals surface area contributed by atoms with Crippen LogP contribution in [0.5, 0.6) is 0 Å². The second-order valence-corrected chi connectivity index (χ2v) is 5.53. The fourth-order valence-corrected chi connectivity index (χ4v) is 2.95. The third kappa shape index (κ3) is 3.09. The van der Waals surface area contributed by atoms with Crippen molar-refractivity contribution in [1.29, 1.82) is 0 Å². The molecule has 0 radical (unpaired) electrons. The van der Waals surface area contributed by atoms with E-state index in [1.807, 2.05) is 18.2 Å². The summed E-state index contributed by atoms with van der Waals surface area (Å²) in [6.07, 6.45) is 0. The lowest BCUT2D eigenvalue weighted by Gasteiger charge is -2.20. The first-order valence-electron chi connectivity index (χ1n) is 5.72. The highest BCUT2D eigenvalue weighted by Crippen LogP contribution is 2.26. The van der Waals surface area contributed by atoms with E-state index in [1.165, 1.54) is 4.88 Å². The molecule has 0 aliphatic carbocycles. The number of halogens is 1. The molecule has 0 saturated heterocycles. The number of benzene rings is 1. The summed E-state index contributed by atoms with van der Waals surface area (Å²) < 4.78 is 0. The minimum absolute atomic E-state index is 0.251. The summed E-state index contributed by atoms with van der Waals surface area (Å²) in [4.78, 5) is 1.35. The zero-order chi connectivity index (χ0) is 12.3. The molecule has 2 atom stereocenters. The lowest BCUT2D eigenvalue weighted by atomic mass is 10.1. The predicted octanol–water partition coefficient (Wildman–Crippen LogP) is 4.81. The Balaban J connectivity index is 2.07. The molecule has 3 heteroatoms. The molecular formula is C14H16ClNS. The van der Waals surface area contributed by atoms with Gasteiger partial charge in [-0.15, -0.1) is 11.3 Å². The maximum atomic E-state index is 6.19. The fourth-order valence-electron chi connectivity index (χ4n) is 1.91. The van der Waals surface area contributed by atoms with Gasteiger partial charge in [0.25, 0.3) is 0 Å². The predicted molar refractivity (Wildman–Crippen MR) is 75.7 cm³/mol. The molecule has 1 heterocycles. The van der Waals surface area contributed by atoms with Crippen molar-refractivity contribution in [2.75, 3.05) is 0 Å². The maximum Gasteiger partial charge on any atom is 0.0453 e. The first kappa shape index (κ1) is 12.6. The highest BCUT2D eigenvalue weighted by Gasteiger charge is 2.13. The number of nitrogens with one attached hydrogen (secondary N) is 1. The van der Waals surface area contributed by atoms with Crippen molar-refractivity contribution >= 4 is 22.9 Å². The van der Waals surface area contributed by atoms with Crippen molar-refractivity contribution in [2.45, 2.75) is 25.9 Å². The summed E-state index contributed by atoms with van der Waals surface area (Å²) in [6, 6.07) is 12.8. The third-order valence-electron chi connectivity index (χ3n) is 2.84. The SMILES string of the molecule is CC(N[C@@H](C)c1ccccc1Cl)c1cccs1. The molecule has 0 fully saturated rings. The van der Waals surface area contributed by atoms with Crippen LogP contribution in [0, 0.1) is 0 Å². The zero-order valence-electron chi connectivity index (χ0n) is 9.98. The summed E-state index contributed by atoms with van der Waals surface area (Å²) in [7, 11) is 0. The first-order chi connectivity index (χ1) is 8.18. The molecule has 1 aromatic carbocycles. The topological polar surface area (TPSA) is 12.0 Å². The van der Waals surface area contributed by atoms with Gasteiger partial charge in [0.1, 0.15) is 0 Å². The minimum atomic E-state index is 0.251. The van der Waals surface area contributed by atoms with Crippen LogP contribution in [0.1, 0.15) is 36.4 Å². The summed E-state index contributed by atoms with van der Waals surface area (Å²) in [6.45, 7) is 4.32. The van der Waals surface area contributed by atoms with E-state index >= 15 is 0 Å². The largest absolute Gasteiger partial charge is 0.303 e. The van der Waals surface area contributed by atoms with Gasteiger partial charge in [-0.3, -0.25) is 0 Å². The Morgan fingerprint density at radius 2 is 1.82 bits per heavy atom. The molecule has 0 saturated carbocycles. The van der Waals surface area contributed by atoms with Gasteiger partial charge in [-0.05, 0) is 36.9 Å². The standard InChI is InChI=1S/C14H16ClNS/c1-10(12-6-3-4-7-13(12)15)16-11(2)14-8-5-9-17-14/h3-11,16H,1-2H3/t10-,11?/m0/s1. The number of rotatable bonds is 4. The van der Waals surface area contributed by atoms with Crippen LogP contribution in [0.15, 0.2) is 41.8 Å². The normalized spacial score (nSPS) is 14.5. The summed E-state index contributed by atoms with van der Waals surface area (Å²) >= 11 is 7.97. The molecule has 2 rings (SSSR count). The fraction of sp³-hybridized carbons (Fsp3) is 0.286. The molecule has 1 nitrogen and oxygen atoms in total. The monoisotopic (exact) mass is 265 g/mol. The van der Waals surface area contributed by atoms with Crippen LogP contribution in [0.2, 0.25) is 5.02 Å². The van der Waals surface area contributed by atoms with Gasteiger partial charge in [-0.25, -0.2) is 0 Å². The Labute approximate surface area is 111 Å². The smallest absolute Gasteiger partial charge is 0.0453 e. The molecule has 1 N–H and O–H groups in total. The molecule has 17 heavy (non-hydrogen) atoms. The van der Waals surface area contributed by atoms with Gasteiger partial charge in [0.15, 0.2) is 0 Å². The molecule has 1 unspecified atom stereocenters. The maximum absolute atomic E-state index is 6.19.